The number of nitrogens with one attached hydrogen (secondary N) is 2. The number of imidazole rings is 1. The normalized spacial score (nSPS) is 15.2. The molecule has 1 aliphatic heterocycles. The van der Waals surface area contributed by atoms with Gasteiger partial charge in [-0.25, -0.2) is 4.98 Å². The Morgan fingerprint density at radius 2 is 1.85 bits per heavy atom. The van der Waals surface area contributed by atoms with Crippen molar-refractivity contribution in [3.63, 3.8) is 0 Å². The molecule has 1 saturated heterocycles. The van der Waals surface area contributed by atoms with Crippen molar-refractivity contribution in [3.8, 4) is 22.8 Å². The number of nitrogens with zero attached hydrogens (tertiary/aromatic N) is 5. The molecule has 0 saturated carbocycles. The highest BCUT2D eigenvalue weighted by molar-refractivity contribution is 5.77. The summed E-state index contributed by atoms with van der Waals surface area (Å²) < 4.78 is 11.4. The SMILES string of the molecule is Cc1noc(C2CCN(Cc3nc4ccc(Oc5ccc(-c6ccn[nH]6)cc5)cc4[nH]3)CC2)n1. The minimum absolute atomic E-state index is 0.349. The first-order valence-electron chi connectivity index (χ1n) is 11.5. The van der Waals surface area contributed by atoms with Crippen molar-refractivity contribution in [2.24, 2.45) is 0 Å². The monoisotopic (exact) mass is 455 g/mol. The van der Waals surface area contributed by atoms with Crippen LogP contribution in [0.3, 0.4) is 0 Å². The van der Waals surface area contributed by atoms with Crippen molar-refractivity contribution >= 4 is 11.0 Å². The van der Waals surface area contributed by atoms with Crippen LogP contribution in [0.15, 0.2) is 59.3 Å². The van der Waals surface area contributed by atoms with Gasteiger partial charge in [-0.15, -0.1) is 0 Å². The van der Waals surface area contributed by atoms with Gasteiger partial charge in [0.15, 0.2) is 5.82 Å². The first kappa shape index (κ1) is 20.6. The Morgan fingerprint density at radius 3 is 2.59 bits per heavy atom. The third-order valence-electron chi connectivity index (χ3n) is 6.26. The number of fused-ring (bicyclic) bond motifs is 1. The van der Waals surface area contributed by atoms with Gasteiger partial charge in [-0.05, 0) is 80.9 Å². The van der Waals surface area contributed by atoms with Crippen LogP contribution in [-0.4, -0.2) is 48.3 Å². The largest absolute Gasteiger partial charge is 0.457 e. The second kappa shape index (κ2) is 8.75. The zero-order valence-electron chi connectivity index (χ0n) is 18.9. The number of benzene rings is 2. The number of aromatic nitrogens is 6. The maximum atomic E-state index is 6.07. The van der Waals surface area contributed by atoms with E-state index in [-0.39, 0.29) is 0 Å². The summed E-state index contributed by atoms with van der Waals surface area (Å²) in [6, 6.07) is 15.8. The Balaban J connectivity index is 1.09. The molecule has 9 heteroatoms. The lowest BCUT2D eigenvalue weighted by Gasteiger charge is -2.29. The summed E-state index contributed by atoms with van der Waals surface area (Å²) in [6.07, 6.45) is 3.77. The van der Waals surface area contributed by atoms with Crippen LogP contribution in [0.5, 0.6) is 11.5 Å². The van der Waals surface area contributed by atoms with Gasteiger partial charge in [-0.3, -0.25) is 10.00 Å². The highest BCUT2D eigenvalue weighted by Crippen LogP contribution is 2.29. The van der Waals surface area contributed by atoms with Gasteiger partial charge in [0.2, 0.25) is 5.89 Å². The number of piperidine rings is 1. The lowest BCUT2D eigenvalue weighted by Crippen LogP contribution is -2.32. The van der Waals surface area contributed by atoms with E-state index in [1.807, 2.05) is 55.5 Å². The van der Waals surface area contributed by atoms with Gasteiger partial charge in [-0.1, -0.05) is 5.16 Å². The molecule has 0 aliphatic carbocycles. The molecule has 5 aromatic rings. The minimum atomic E-state index is 0.349. The van der Waals surface area contributed by atoms with Crippen molar-refractivity contribution in [2.45, 2.75) is 32.2 Å². The molecular weight excluding hydrogens is 430 g/mol. The lowest BCUT2D eigenvalue weighted by atomic mass is 9.97. The molecule has 9 nitrogen and oxygen atoms in total. The number of hydrogen-bond donors (Lipinski definition) is 2. The quantitative estimate of drug-likeness (QED) is 0.378. The summed E-state index contributed by atoms with van der Waals surface area (Å²) in [5, 5.41) is 10.9. The van der Waals surface area contributed by atoms with Crippen LogP contribution in [0.2, 0.25) is 0 Å². The van der Waals surface area contributed by atoms with E-state index < -0.39 is 0 Å². The van der Waals surface area contributed by atoms with Crippen molar-refractivity contribution in [3.05, 3.63) is 72.3 Å². The Labute approximate surface area is 196 Å². The van der Waals surface area contributed by atoms with Crippen LogP contribution in [0.1, 0.15) is 36.3 Å². The zero-order valence-corrected chi connectivity index (χ0v) is 18.9. The van der Waals surface area contributed by atoms with Gasteiger partial charge in [0.25, 0.3) is 0 Å². The molecule has 3 aromatic heterocycles. The van der Waals surface area contributed by atoms with Crippen LogP contribution >= 0.6 is 0 Å². The van der Waals surface area contributed by atoms with Gasteiger partial charge in [0.1, 0.15) is 17.3 Å². The molecule has 0 spiro atoms. The van der Waals surface area contributed by atoms with Crippen molar-refractivity contribution in [2.75, 3.05) is 13.1 Å². The summed E-state index contributed by atoms with van der Waals surface area (Å²) in [5.74, 6) is 4.33. The van der Waals surface area contributed by atoms with Crippen molar-refractivity contribution < 1.29 is 9.26 Å². The number of likely N-dealkylation sites (tertiary alicyclic amines) is 1. The summed E-state index contributed by atoms with van der Waals surface area (Å²) >= 11 is 0. The molecule has 34 heavy (non-hydrogen) atoms. The summed E-state index contributed by atoms with van der Waals surface area (Å²) in [4.78, 5) is 15.0. The fourth-order valence-electron chi connectivity index (χ4n) is 4.46. The predicted octanol–water partition coefficient (Wildman–Crippen LogP) is 4.82. The van der Waals surface area contributed by atoms with Crippen molar-refractivity contribution in [1.82, 2.24) is 35.2 Å². The van der Waals surface area contributed by atoms with Crippen LogP contribution < -0.4 is 4.74 Å². The van der Waals surface area contributed by atoms with Gasteiger partial charge in [0, 0.05) is 18.2 Å². The maximum Gasteiger partial charge on any atom is 0.229 e. The van der Waals surface area contributed by atoms with E-state index >= 15 is 0 Å². The molecule has 172 valence electrons. The standard InChI is InChI=1S/C25H25N7O2/c1-16-27-25(34-31-16)18-9-12-32(13-10-18)15-24-28-22-7-6-20(14-23(22)29-24)33-19-4-2-17(3-5-19)21-8-11-26-30-21/h2-8,11,14,18H,9-10,12-13,15H2,1H3,(H,26,30)(H,28,29). The lowest BCUT2D eigenvalue weighted by molar-refractivity contribution is 0.184. The molecule has 0 bridgehead atoms. The van der Waals surface area contributed by atoms with Gasteiger partial charge < -0.3 is 14.2 Å². The maximum absolute atomic E-state index is 6.07. The van der Waals surface area contributed by atoms with Crippen LogP contribution in [0.4, 0.5) is 0 Å². The molecule has 0 radical (unpaired) electrons. The van der Waals surface area contributed by atoms with E-state index in [0.717, 1.165) is 78.0 Å². The highest BCUT2D eigenvalue weighted by Gasteiger charge is 2.25. The Bertz CT molecular complexity index is 1380. The smallest absolute Gasteiger partial charge is 0.229 e. The topological polar surface area (TPSA) is 109 Å². The second-order valence-electron chi connectivity index (χ2n) is 8.69. The Morgan fingerprint density at radius 1 is 1.03 bits per heavy atom. The van der Waals surface area contributed by atoms with Gasteiger partial charge >= 0.3 is 0 Å². The van der Waals surface area contributed by atoms with E-state index in [1.54, 1.807) is 6.20 Å². The zero-order chi connectivity index (χ0) is 22.9. The number of ether oxygens (including phenoxy) is 1. The molecule has 1 aliphatic rings. The molecule has 0 unspecified atom stereocenters. The van der Waals surface area contributed by atoms with Crippen LogP contribution in [0.25, 0.3) is 22.3 Å². The number of H-pyrrole nitrogens is 2. The fourth-order valence-corrected chi connectivity index (χ4v) is 4.46. The Kier molecular flexibility index (Phi) is 5.31. The molecule has 0 amide bonds. The van der Waals surface area contributed by atoms with Crippen molar-refractivity contribution in [1.29, 1.82) is 0 Å². The summed E-state index contributed by atoms with van der Waals surface area (Å²) in [6.45, 7) is 4.60. The molecule has 6 rings (SSSR count). The summed E-state index contributed by atoms with van der Waals surface area (Å²) in [7, 11) is 0. The number of hydrogen-bond acceptors (Lipinski definition) is 7. The number of aromatic amines is 2. The molecule has 2 N–H and O–H groups in total. The Hall–Kier alpha value is -3.98. The molecule has 2 aromatic carbocycles. The summed E-state index contributed by atoms with van der Waals surface area (Å²) in [5.41, 5.74) is 3.95. The minimum Gasteiger partial charge on any atom is -0.457 e. The van der Waals surface area contributed by atoms with Crippen LogP contribution in [0, 0.1) is 6.92 Å². The second-order valence-corrected chi connectivity index (χ2v) is 8.69. The number of rotatable bonds is 6. The van der Waals surface area contributed by atoms with E-state index in [0.29, 0.717) is 11.7 Å². The number of aryl methyl sites for hydroxylation is 1. The van der Waals surface area contributed by atoms with E-state index in [9.17, 15) is 0 Å². The predicted molar refractivity (Wildman–Crippen MR) is 126 cm³/mol. The van der Waals surface area contributed by atoms with Gasteiger partial charge in [0.05, 0.1) is 23.3 Å². The molecule has 1 fully saturated rings. The molecule has 4 heterocycles. The molecular formula is C25H25N7O2. The average Bonchev–Trinajstić information content (AvgIpc) is 3.61. The third kappa shape index (κ3) is 4.29. The highest BCUT2D eigenvalue weighted by atomic mass is 16.5. The fraction of sp³-hybridized carbons (Fsp3) is 0.280. The van der Waals surface area contributed by atoms with E-state index in [4.69, 9.17) is 14.2 Å². The molecule has 0 atom stereocenters. The first-order chi connectivity index (χ1) is 16.7. The van der Waals surface area contributed by atoms with Crippen LogP contribution in [-0.2, 0) is 6.54 Å². The average molecular weight is 456 g/mol. The van der Waals surface area contributed by atoms with E-state index in [2.05, 4.69) is 30.2 Å². The third-order valence-corrected chi connectivity index (χ3v) is 6.26. The van der Waals surface area contributed by atoms with E-state index in [1.165, 1.54) is 0 Å². The first-order valence-corrected chi connectivity index (χ1v) is 11.5. The van der Waals surface area contributed by atoms with Gasteiger partial charge in [-0.2, -0.15) is 10.1 Å².